The Hall–Kier alpha value is -1.75. The second-order valence-electron chi connectivity index (χ2n) is 10.7. The van der Waals surface area contributed by atoms with Crippen LogP contribution in [0.4, 0.5) is 0 Å². The molecule has 0 amide bonds. The lowest BCUT2D eigenvalue weighted by atomic mass is 9.51. The van der Waals surface area contributed by atoms with Gasteiger partial charge in [0, 0.05) is 0 Å². The first kappa shape index (κ1) is 19.0. The number of hydrogen-bond acceptors (Lipinski definition) is 10. The average molecular weight is 424 g/mol. The normalized spacial score (nSPS) is 60.1. The van der Waals surface area contributed by atoms with Crippen molar-refractivity contribution < 1.29 is 48.7 Å². The number of fused-ring (bicyclic) bond motifs is 1. The fraction of sp³-hybridized carbons (Fsp3) is 0.850. The highest BCUT2D eigenvalue weighted by atomic mass is 16.8. The van der Waals surface area contributed by atoms with Crippen molar-refractivity contribution >= 4 is 17.9 Å². The van der Waals surface area contributed by atoms with E-state index in [0.29, 0.717) is 0 Å². The first-order valence-electron chi connectivity index (χ1n) is 10.2. The smallest absolute Gasteiger partial charge is 0.343 e. The summed E-state index contributed by atoms with van der Waals surface area (Å²) in [6.45, 7) is 7.14. The lowest BCUT2D eigenvalue weighted by molar-refractivity contribution is -0.239. The third kappa shape index (κ3) is 1.33. The lowest BCUT2D eigenvalue weighted by Gasteiger charge is -2.47. The molecule has 0 aromatic heterocycles. The molecule has 6 aliphatic rings. The highest BCUT2D eigenvalue weighted by Gasteiger charge is 3.03. The van der Waals surface area contributed by atoms with Gasteiger partial charge in [-0.3, -0.25) is 4.79 Å². The van der Waals surface area contributed by atoms with Gasteiger partial charge in [0.15, 0.2) is 17.8 Å². The number of carbonyl (C=O) groups excluding carboxylic acids is 3. The van der Waals surface area contributed by atoms with Crippen LogP contribution in [0, 0.1) is 28.1 Å². The Bertz CT molecular complexity index is 925. The molecule has 10 nitrogen and oxygen atoms in total. The molecule has 4 saturated heterocycles. The number of aliphatic hydroxyl groups is 3. The fourth-order valence-corrected chi connectivity index (χ4v) is 8.12. The summed E-state index contributed by atoms with van der Waals surface area (Å²) in [7, 11) is 0. The maximum absolute atomic E-state index is 13.4. The quantitative estimate of drug-likeness (QED) is 0.314. The van der Waals surface area contributed by atoms with E-state index in [1.807, 2.05) is 20.8 Å². The molecule has 2 spiro atoms. The van der Waals surface area contributed by atoms with Gasteiger partial charge < -0.3 is 34.3 Å². The van der Waals surface area contributed by atoms with Crippen molar-refractivity contribution in [3.05, 3.63) is 0 Å². The molecule has 6 fully saturated rings. The molecule has 0 aromatic rings. The van der Waals surface area contributed by atoms with Gasteiger partial charge in [-0.15, -0.1) is 0 Å². The van der Waals surface area contributed by atoms with E-state index in [1.54, 1.807) is 0 Å². The van der Waals surface area contributed by atoms with Crippen molar-refractivity contribution in [3.63, 3.8) is 0 Å². The number of aliphatic hydroxyl groups excluding tert-OH is 2. The number of ether oxygens (including phenoxy) is 4. The van der Waals surface area contributed by atoms with Crippen LogP contribution in [0.1, 0.15) is 34.1 Å². The fourth-order valence-electron chi connectivity index (χ4n) is 8.12. The van der Waals surface area contributed by atoms with Gasteiger partial charge in [-0.25, -0.2) is 9.59 Å². The van der Waals surface area contributed by atoms with Crippen LogP contribution in [-0.4, -0.2) is 75.1 Å². The van der Waals surface area contributed by atoms with Crippen molar-refractivity contribution in [2.75, 3.05) is 0 Å². The predicted molar refractivity (Wildman–Crippen MR) is 92.0 cm³/mol. The van der Waals surface area contributed by atoms with E-state index in [2.05, 4.69) is 0 Å². The standard InChI is InChI=1S/C20H24O10/c1-6-12(23)28-11-9(21)18-8-5-7(16(2,3)4)17(18)10(22)13(24)29-15(17)30-20(18,14(25)27-8)19(6,11)26/h6-11,15,21-22,26H,5H2,1-4H3/t6-,7+,8-,9+,10+,11+,15-,17+,18+,19-,20-/m1/s1. The van der Waals surface area contributed by atoms with Gasteiger partial charge in [-0.2, -0.15) is 0 Å². The van der Waals surface area contributed by atoms with Crippen molar-refractivity contribution in [2.24, 2.45) is 28.1 Å². The molecule has 0 bridgehead atoms. The number of rotatable bonds is 0. The maximum atomic E-state index is 13.4. The molecule has 6 rings (SSSR count). The summed E-state index contributed by atoms with van der Waals surface area (Å²) in [5.74, 6) is -4.32. The maximum Gasteiger partial charge on any atom is 0.343 e. The van der Waals surface area contributed by atoms with Gasteiger partial charge in [0.2, 0.25) is 11.9 Å². The van der Waals surface area contributed by atoms with Crippen LogP contribution in [0.3, 0.4) is 0 Å². The molecule has 0 radical (unpaired) electrons. The zero-order valence-electron chi connectivity index (χ0n) is 16.9. The van der Waals surface area contributed by atoms with Gasteiger partial charge in [0.25, 0.3) is 0 Å². The van der Waals surface area contributed by atoms with Gasteiger partial charge in [0.05, 0.1) is 16.7 Å². The van der Waals surface area contributed by atoms with Gasteiger partial charge in [0.1, 0.15) is 12.2 Å². The zero-order chi connectivity index (χ0) is 21.8. The Balaban J connectivity index is 1.72. The van der Waals surface area contributed by atoms with Crippen LogP contribution in [0.5, 0.6) is 0 Å². The van der Waals surface area contributed by atoms with Crippen LogP contribution in [-0.2, 0) is 33.3 Å². The van der Waals surface area contributed by atoms with E-state index in [9.17, 15) is 29.7 Å². The Kier molecular flexibility index (Phi) is 2.97. The minimum atomic E-state index is -2.24. The second kappa shape index (κ2) is 4.69. The van der Waals surface area contributed by atoms with E-state index in [4.69, 9.17) is 18.9 Å². The Morgan fingerprint density at radius 1 is 1.03 bits per heavy atom. The van der Waals surface area contributed by atoms with Gasteiger partial charge in [-0.1, -0.05) is 20.8 Å². The van der Waals surface area contributed by atoms with E-state index < -0.39 is 87.9 Å². The van der Waals surface area contributed by atoms with Crippen molar-refractivity contribution in [2.45, 2.75) is 76.0 Å². The molecule has 0 unspecified atom stereocenters. The van der Waals surface area contributed by atoms with Crippen LogP contribution >= 0.6 is 0 Å². The number of carbonyl (C=O) groups is 3. The molecule has 4 heterocycles. The van der Waals surface area contributed by atoms with Gasteiger partial charge >= 0.3 is 17.9 Å². The number of hydrogen-bond donors (Lipinski definition) is 3. The largest absolute Gasteiger partial charge is 0.459 e. The lowest BCUT2D eigenvalue weighted by Crippen LogP contribution is -2.67. The molecular weight excluding hydrogens is 400 g/mol. The monoisotopic (exact) mass is 424 g/mol. The highest BCUT2D eigenvalue weighted by molar-refractivity contribution is 5.94. The summed E-state index contributed by atoms with van der Waals surface area (Å²) in [4.78, 5) is 38.2. The first-order valence-corrected chi connectivity index (χ1v) is 10.2. The Morgan fingerprint density at radius 2 is 1.70 bits per heavy atom. The molecule has 0 aromatic carbocycles. The summed E-state index contributed by atoms with van der Waals surface area (Å²) in [5.41, 5.74) is -8.26. The summed E-state index contributed by atoms with van der Waals surface area (Å²) in [5, 5.41) is 34.7. The predicted octanol–water partition coefficient (Wildman–Crippen LogP) is -1.37. The Labute approximate surface area is 171 Å². The topological polar surface area (TPSA) is 149 Å². The SMILES string of the molecule is C[C@@H]1C(=O)O[C@H]2[C@H](O)[C@@]34[C@H]5C[C@@H](C(C)(C)C)[C@]36[C@H](OC(=O)[C@@H]6O)O[C@@]4(C(=O)O5)[C@@]12O. The van der Waals surface area contributed by atoms with Crippen LogP contribution in [0.25, 0.3) is 0 Å². The molecular formula is C20H24O10. The summed E-state index contributed by atoms with van der Waals surface area (Å²) in [6, 6.07) is 0. The van der Waals surface area contributed by atoms with Crippen LogP contribution < -0.4 is 0 Å². The third-order valence-corrected chi connectivity index (χ3v) is 9.00. The molecule has 30 heavy (non-hydrogen) atoms. The molecule has 164 valence electrons. The highest BCUT2D eigenvalue weighted by Crippen LogP contribution is 2.84. The van der Waals surface area contributed by atoms with Gasteiger partial charge in [-0.05, 0) is 24.7 Å². The van der Waals surface area contributed by atoms with Crippen LogP contribution in [0.2, 0.25) is 0 Å². The minimum absolute atomic E-state index is 0.229. The third-order valence-electron chi connectivity index (χ3n) is 9.00. The average Bonchev–Trinajstić information content (AvgIpc) is 3.35. The summed E-state index contributed by atoms with van der Waals surface area (Å²) < 4.78 is 22.5. The van der Waals surface area contributed by atoms with E-state index in [-0.39, 0.29) is 6.42 Å². The van der Waals surface area contributed by atoms with Crippen LogP contribution in [0.15, 0.2) is 0 Å². The van der Waals surface area contributed by atoms with E-state index in [1.165, 1.54) is 6.92 Å². The van der Waals surface area contributed by atoms with E-state index >= 15 is 0 Å². The molecule has 2 saturated carbocycles. The van der Waals surface area contributed by atoms with Crippen molar-refractivity contribution in [1.82, 2.24) is 0 Å². The summed E-state index contributed by atoms with van der Waals surface area (Å²) >= 11 is 0. The van der Waals surface area contributed by atoms with E-state index in [0.717, 1.165) is 0 Å². The second-order valence-corrected chi connectivity index (χ2v) is 10.7. The first-order chi connectivity index (χ1) is 13.8. The van der Waals surface area contributed by atoms with Crippen molar-refractivity contribution in [3.8, 4) is 0 Å². The molecule has 10 heteroatoms. The molecule has 4 aliphatic heterocycles. The zero-order valence-corrected chi connectivity index (χ0v) is 16.9. The molecule has 2 aliphatic carbocycles. The Morgan fingerprint density at radius 3 is 2.33 bits per heavy atom. The summed E-state index contributed by atoms with van der Waals surface area (Å²) in [6.07, 6.45) is -6.91. The molecule has 11 atom stereocenters. The molecule has 3 N–H and O–H groups in total. The van der Waals surface area contributed by atoms with Crippen molar-refractivity contribution in [1.29, 1.82) is 0 Å². The minimum Gasteiger partial charge on any atom is -0.459 e. The number of esters is 3.